The molecule has 0 aromatic rings. The first-order valence-corrected chi connectivity index (χ1v) is 21.1. The number of phosphoric ester groups is 1. The van der Waals surface area contributed by atoms with Gasteiger partial charge in [0, 0.05) is 6.42 Å². The van der Waals surface area contributed by atoms with Gasteiger partial charge < -0.3 is 19.8 Å². The van der Waals surface area contributed by atoms with Gasteiger partial charge in [0.25, 0.3) is 0 Å². The van der Waals surface area contributed by atoms with Gasteiger partial charge in [0.1, 0.15) is 13.2 Å². The number of nitrogens with zero attached hydrogens (tertiary/aromatic N) is 1. The van der Waals surface area contributed by atoms with Crippen LogP contribution in [0.5, 0.6) is 0 Å². The van der Waals surface area contributed by atoms with Gasteiger partial charge in [-0.05, 0) is 19.3 Å². The molecule has 0 aromatic carbocycles. The van der Waals surface area contributed by atoms with E-state index in [0.29, 0.717) is 17.4 Å². The van der Waals surface area contributed by atoms with Crippen LogP contribution in [-0.2, 0) is 18.4 Å². The first kappa shape index (κ1) is 46.2. The molecule has 0 aliphatic rings. The van der Waals surface area contributed by atoms with Crippen molar-refractivity contribution in [3.8, 4) is 0 Å². The third-order valence-electron chi connectivity index (χ3n) is 8.76. The molecular weight excluding hydrogens is 611 g/mol. The molecule has 0 radical (unpaired) electrons. The summed E-state index contributed by atoms with van der Waals surface area (Å²) in [5.41, 5.74) is 0. The maximum absolute atomic E-state index is 12.8. The summed E-state index contributed by atoms with van der Waals surface area (Å²) in [5, 5.41) is 13.7. The van der Waals surface area contributed by atoms with E-state index in [1.165, 1.54) is 116 Å². The summed E-state index contributed by atoms with van der Waals surface area (Å²) in [5.74, 6) is -0.179. The third kappa shape index (κ3) is 33.5. The summed E-state index contributed by atoms with van der Waals surface area (Å²) in [6.45, 7) is 4.77. The first-order chi connectivity index (χ1) is 22.5. The molecule has 3 unspecified atom stereocenters. The quantitative estimate of drug-likeness (QED) is 0.0265. The van der Waals surface area contributed by atoms with Crippen molar-refractivity contribution in [2.24, 2.45) is 0 Å². The van der Waals surface area contributed by atoms with Crippen LogP contribution in [-0.4, -0.2) is 73.4 Å². The van der Waals surface area contributed by atoms with Gasteiger partial charge in [0.15, 0.2) is 0 Å². The Kier molecular flexibility index (Phi) is 30.7. The maximum atomic E-state index is 12.8. The summed E-state index contributed by atoms with van der Waals surface area (Å²) in [4.78, 5) is 22.9. The van der Waals surface area contributed by atoms with Crippen LogP contribution in [0.25, 0.3) is 0 Å². The van der Waals surface area contributed by atoms with Crippen molar-refractivity contribution in [1.82, 2.24) is 5.32 Å². The summed E-state index contributed by atoms with van der Waals surface area (Å²) in [7, 11) is 1.57. The Labute approximate surface area is 291 Å². The Balaban J connectivity index is 4.35. The lowest BCUT2D eigenvalue weighted by atomic mass is 10.0. The van der Waals surface area contributed by atoms with Crippen molar-refractivity contribution < 1.29 is 32.9 Å². The Morgan fingerprint density at radius 1 is 0.702 bits per heavy atom. The summed E-state index contributed by atoms with van der Waals surface area (Å²) >= 11 is 0. The van der Waals surface area contributed by atoms with Crippen LogP contribution in [0.4, 0.5) is 0 Å². The second-order valence-electron chi connectivity index (χ2n) is 14.7. The average Bonchev–Trinajstić information content (AvgIpc) is 3.01. The highest BCUT2D eigenvalue weighted by Gasteiger charge is 2.27. The van der Waals surface area contributed by atoms with Crippen LogP contribution in [0.15, 0.2) is 12.2 Å². The molecule has 8 nitrogen and oxygen atoms in total. The highest BCUT2D eigenvalue weighted by atomic mass is 31.2. The zero-order valence-corrected chi connectivity index (χ0v) is 32.4. The van der Waals surface area contributed by atoms with Gasteiger partial charge in [-0.2, -0.15) is 0 Å². The average molecular weight is 690 g/mol. The molecule has 280 valence electrons. The first-order valence-electron chi connectivity index (χ1n) is 19.6. The van der Waals surface area contributed by atoms with Crippen LogP contribution in [0.1, 0.15) is 174 Å². The lowest BCUT2D eigenvalue weighted by molar-refractivity contribution is -0.870. The number of carbonyl (C=O) groups is 1. The molecule has 0 heterocycles. The molecule has 0 aliphatic heterocycles. The summed E-state index contributed by atoms with van der Waals surface area (Å²) in [6, 6.07) is -0.837. The minimum Gasteiger partial charge on any atom is -0.387 e. The Morgan fingerprint density at radius 2 is 1.13 bits per heavy atom. The van der Waals surface area contributed by atoms with Gasteiger partial charge in [0.2, 0.25) is 5.91 Å². The molecule has 0 fully saturated rings. The molecule has 0 saturated carbocycles. The molecule has 0 aliphatic carbocycles. The van der Waals surface area contributed by atoms with Crippen LogP contribution < -0.4 is 5.32 Å². The van der Waals surface area contributed by atoms with E-state index in [1.54, 1.807) is 6.08 Å². The fraction of sp³-hybridized carbons (Fsp3) is 0.921. The monoisotopic (exact) mass is 690 g/mol. The molecule has 47 heavy (non-hydrogen) atoms. The van der Waals surface area contributed by atoms with Crippen molar-refractivity contribution in [3.05, 3.63) is 12.2 Å². The predicted octanol–water partition coefficient (Wildman–Crippen LogP) is 10.0. The van der Waals surface area contributed by atoms with Crippen molar-refractivity contribution in [1.29, 1.82) is 0 Å². The topological polar surface area (TPSA) is 105 Å². The number of rotatable bonds is 35. The van der Waals surface area contributed by atoms with Crippen molar-refractivity contribution in [2.45, 2.75) is 187 Å². The van der Waals surface area contributed by atoms with Gasteiger partial charge in [0.05, 0.1) is 39.9 Å². The number of phosphoric acid groups is 1. The van der Waals surface area contributed by atoms with Gasteiger partial charge >= 0.3 is 7.82 Å². The number of hydrogen-bond donors (Lipinski definition) is 3. The van der Waals surface area contributed by atoms with Gasteiger partial charge in [-0.25, -0.2) is 4.57 Å². The summed E-state index contributed by atoms with van der Waals surface area (Å²) < 4.78 is 23.4. The molecule has 3 N–H and O–H groups in total. The number of aliphatic hydroxyl groups excluding tert-OH is 1. The van der Waals surface area contributed by atoms with Gasteiger partial charge in [-0.1, -0.05) is 161 Å². The van der Waals surface area contributed by atoms with E-state index in [0.717, 1.165) is 38.5 Å². The van der Waals surface area contributed by atoms with Crippen molar-refractivity contribution >= 4 is 13.7 Å². The highest BCUT2D eigenvalue weighted by Crippen LogP contribution is 2.43. The van der Waals surface area contributed by atoms with Gasteiger partial charge in [-0.15, -0.1) is 0 Å². The van der Waals surface area contributed by atoms with Crippen LogP contribution in [0.3, 0.4) is 0 Å². The number of aliphatic hydroxyl groups is 1. The Morgan fingerprint density at radius 3 is 1.57 bits per heavy atom. The Bertz CT molecular complexity index is 789. The van der Waals surface area contributed by atoms with Crippen LogP contribution in [0.2, 0.25) is 0 Å². The second kappa shape index (κ2) is 31.2. The molecular formula is C38H78N2O6P+. The smallest absolute Gasteiger partial charge is 0.387 e. The van der Waals surface area contributed by atoms with E-state index in [4.69, 9.17) is 9.05 Å². The number of quaternary nitrogens is 1. The fourth-order valence-electron chi connectivity index (χ4n) is 5.57. The normalized spacial score (nSPS) is 14.8. The molecule has 9 heteroatoms. The van der Waals surface area contributed by atoms with Crippen LogP contribution >= 0.6 is 7.82 Å². The van der Waals surface area contributed by atoms with E-state index in [2.05, 4.69) is 19.2 Å². The third-order valence-corrected chi connectivity index (χ3v) is 9.74. The lowest BCUT2D eigenvalue weighted by Crippen LogP contribution is -2.45. The van der Waals surface area contributed by atoms with Gasteiger partial charge in [-0.3, -0.25) is 13.8 Å². The number of nitrogens with one attached hydrogen (secondary N) is 1. The van der Waals surface area contributed by atoms with E-state index in [1.807, 2.05) is 27.2 Å². The fourth-order valence-corrected chi connectivity index (χ4v) is 6.31. The highest BCUT2D eigenvalue weighted by molar-refractivity contribution is 7.47. The predicted molar refractivity (Wildman–Crippen MR) is 198 cm³/mol. The van der Waals surface area contributed by atoms with E-state index in [9.17, 15) is 19.4 Å². The zero-order chi connectivity index (χ0) is 35.1. The number of amides is 1. The molecule has 0 saturated heterocycles. The SMILES string of the molecule is CCCCCCCC/C=C/C(O)C(COP(=O)(O)OCC[N+](C)(C)C)NC(=O)CCCCCCCCCCCCCCCCCCC. The van der Waals surface area contributed by atoms with E-state index >= 15 is 0 Å². The second-order valence-corrected chi connectivity index (χ2v) is 16.1. The number of carbonyl (C=O) groups excluding carboxylic acids is 1. The molecule has 0 spiro atoms. The standard InChI is InChI=1S/C38H77N2O6P/c1-6-8-10-12-14-16-17-18-19-20-21-22-23-24-26-28-30-32-38(42)39-36(35-46-47(43,44)45-34-33-40(3,4)5)37(41)31-29-27-25-15-13-11-9-7-2/h29,31,36-37,41H,6-28,30,32-35H2,1-5H3,(H-,39,42,43,44)/p+1/b31-29+. The van der Waals surface area contributed by atoms with Crippen molar-refractivity contribution in [2.75, 3.05) is 40.9 Å². The Hall–Kier alpha value is -0.760. The number of hydrogen-bond acceptors (Lipinski definition) is 5. The largest absolute Gasteiger partial charge is 0.472 e. The minimum absolute atomic E-state index is 0.0638. The molecule has 3 atom stereocenters. The van der Waals surface area contributed by atoms with Crippen molar-refractivity contribution in [3.63, 3.8) is 0 Å². The van der Waals surface area contributed by atoms with E-state index < -0.39 is 20.0 Å². The maximum Gasteiger partial charge on any atom is 0.472 e. The minimum atomic E-state index is -4.32. The number of allylic oxidation sites excluding steroid dienone is 1. The zero-order valence-electron chi connectivity index (χ0n) is 31.5. The summed E-state index contributed by atoms with van der Waals surface area (Å²) in [6.07, 6.45) is 32.8. The lowest BCUT2D eigenvalue weighted by Gasteiger charge is -2.25. The number of likely N-dealkylation sites (N-methyl/N-ethyl adjacent to an activating group) is 1. The molecule has 0 rings (SSSR count). The molecule has 0 bridgehead atoms. The molecule has 1 amide bonds. The van der Waals surface area contributed by atoms with E-state index in [-0.39, 0.29) is 19.1 Å². The number of unbranched alkanes of at least 4 members (excludes halogenated alkanes) is 22. The van der Waals surface area contributed by atoms with Crippen LogP contribution in [0, 0.1) is 0 Å². The molecule has 0 aromatic heterocycles.